The first-order chi connectivity index (χ1) is 69.8. The number of hydrogen-bond acceptors (Lipinski definition) is 3. The zero-order valence-corrected chi connectivity index (χ0v) is 81.1. The van der Waals surface area contributed by atoms with E-state index in [0.717, 1.165) is 19.3 Å². The Kier molecular flexibility index (Phi) is 22.7. The lowest BCUT2D eigenvalue weighted by Crippen LogP contribution is -1.92. The van der Waals surface area contributed by atoms with Gasteiger partial charge < -0.3 is 0 Å². The van der Waals surface area contributed by atoms with Crippen LogP contribution < -0.4 is 0 Å². The Bertz CT molecular complexity index is 9510. The quantitative estimate of drug-likeness (QED) is 0.0898. The van der Waals surface area contributed by atoms with Crippen LogP contribution in [0.3, 0.4) is 0 Å². The van der Waals surface area contributed by atoms with E-state index in [1.54, 1.807) is 0 Å². The summed E-state index contributed by atoms with van der Waals surface area (Å²) in [5.74, 6) is 0. The summed E-state index contributed by atoms with van der Waals surface area (Å²) in [6, 6.07) is 182. The van der Waals surface area contributed by atoms with Crippen molar-refractivity contribution in [3.8, 4) is 134 Å². The third kappa shape index (κ3) is 15.8. The van der Waals surface area contributed by atoms with Crippen molar-refractivity contribution in [3.63, 3.8) is 0 Å². The number of rotatable bonds is 15. The Morgan fingerprint density at radius 2 is 0.376 bits per heavy atom. The van der Waals surface area contributed by atoms with Gasteiger partial charge in [-0.15, -0.1) is 34.0 Å². The molecular formula is C138H96S3. The topological polar surface area (TPSA) is 0 Å². The van der Waals surface area contributed by atoms with Crippen LogP contribution in [0.15, 0.2) is 491 Å². The van der Waals surface area contributed by atoms with E-state index in [4.69, 9.17) is 0 Å². The maximum atomic E-state index is 2.43. The van der Waals surface area contributed by atoms with Crippen LogP contribution in [0.4, 0.5) is 0 Å². The van der Waals surface area contributed by atoms with E-state index in [-0.39, 0.29) is 0 Å². The summed E-state index contributed by atoms with van der Waals surface area (Å²) >= 11 is 5.67. The molecule has 0 aliphatic rings. The minimum atomic E-state index is 1.03. The van der Waals surface area contributed by atoms with Crippen molar-refractivity contribution < 1.29 is 0 Å². The highest BCUT2D eigenvalue weighted by Gasteiger charge is 2.25. The maximum Gasteiger partial charge on any atom is 0.0433 e. The Hall–Kier alpha value is -16.5. The molecular weight excluding hydrogens is 1750 g/mol. The molecule has 0 saturated carbocycles. The lowest BCUT2D eigenvalue weighted by Gasteiger charge is -2.19. The van der Waals surface area contributed by atoms with Gasteiger partial charge in [-0.1, -0.05) is 463 Å². The van der Waals surface area contributed by atoms with Gasteiger partial charge in [0.15, 0.2) is 0 Å². The largest absolute Gasteiger partial charge is 0.135 e. The van der Waals surface area contributed by atoms with Gasteiger partial charge in [-0.05, 0) is 284 Å². The first-order valence-corrected chi connectivity index (χ1v) is 51.6. The van der Waals surface area contributed by atoms with Crippen LogP contribution in [0.2, 0.25) is 0 Å². The first-order valence-electron chi connectivity index (χ1n) is 49.2. The lowest BCUT2D eigenvalue weighted by molar-refractivity contribution is 0.922. The van der Waals surface area contributed by atoms with Gasteiger partial charge in [-0.3, -0.25) is 0 Å². The fraction of sp³-hybridized carbons (Fsp3) is 0.0435. The van der Waals surface area contributed by atoms with E-state index in [2.05, 4.69) is 512 Å². The third-order valence-corrected chi connectivity index (χ3v) is 32.4. The average Bonchev–Trinajstić information content (AvgIpc) is 1.71. The van der Waals surface area contributed by atoms with Gasteiger partial charge in [-0.25, -0.2) is 0 Å². The van der Waals surface area contributed by atoms with Crippen molar-refractivity contribution >= 4 is 159 Å². The molecule has 141 heavy (non-hydrogen) atoms. The molecule has 0 saturated heterocycles. The molecule has 0 unspecified atom stereocenters. The average molecular weight is 1850 g/mol. The molecule has 0 fully saturated rings. The van der Waals surface area contributed by atoms with Crippen LogP contribution in [0.25, 0.3) is 259 Å². The van der Waals surface area contributed by atoms with Gasteiger partial charge in [0.2, 0.25) is 0 Å². The van der Waals surface area contributed by atoms with Gasteiger partial charge >= 0.3 is 0 Å². The Morgan fingerprint density at radius 3 is 0.681 bits per heavy atom. The van der Waals surface area contributed by atoms with Crippen molar-refractivity contribution in [3.05, 3.63) is 508 Å². The predicted molar refractivity (Wildman–Crippen MR) is 616 cm³/mol. The minimum absolute atomic E-state index is 1.03. The summed E-state index contributed by atoms with van der Waals surface area (Å²) in [5, 5.41) is 23.4. The van der Waals surface area contributed by atoms with Crippen molar-refractivity contribution in [2.24, 2.45) is 0 Å². The van der Waals surface area contributed by atoms with Crippen molar-refractivity contribution in [2.45, 2.75) is 40.0 Å². The highest BCUT2D eigenvalue weighted by atomic mass is 32.1. The Morgan fingerprint density at radius 1 is 0.156 bits per heavy atom. The maximum absolute atomic E-state index is 2.43. The Balaban J connectivity index is 0.000000111. The SMILES string of the molecule is CCCc1ccc(-c2c3ccccc3c(-c3ccccc3)c3ccc(-c4cccc(-c5cccc6c5sc5ccccc56)c4)cc23)cc1.CCc1ccc(-c2c3ccccc3c(-c3ccccc3)c3ccc(-c4cccc(-c5cccc6c5sc5ccccc56)c4)cc23)cc1.Cc1ccc(-c2c3ccccc3c(-c3ccccc3)c3ccc(-c4cccc(-c5cccc6c5sc5ccccc56)c4)cc23)cc1. The zero-order valence-electron chi connectivity index (χ0n) is 78.6. The summed E-state index contributed by atoms with van der Waals surface area (Å²) in [7, 11) is 0. The molecule has 0 amide bonds. The van der Waals surface area contributed by atoms with Crippen LogP contribution in [-0.4, -0.2) is 0 Å². The molecule has 0 bridgehead atoms. The van der Waals surface area contributed by atoms with E-state index < -0.39 is 0 Å². The molecule has 0 nitrogen and oxygen atoms in total. The van der Waals surface area contributed by atoms with Gasteiger partial charge in [0.25, 0.3) is 0 Å². The van der Waals surface area contributed by atoms with Crippen molar-refractivity contribution in [1.29, 1.82) is 0 Å². The Labute approximate surface area is 834 Å². The molecule has 0 aliphatic heterocycles. The van der Waals surface area contributed by atoms with Crippen LogP contribution >= 0.6 is 34.0 Å². The molecule has 0 spiro atoms. The van der Waals surface area contributed by atoms with Crippen LogP contribution in [0.1, 0.15) is 37.0 Å². The summed E-state index contributed by atoms with van der Waals surface area (Å²) < 4.78 is 8.05. The molecule has 0 atom stereocenters. The molecule has 0 radical (unpaired) electrons. The van der Waals surface area contributed by atoms with Crippen LogP contribution in [-0.2, 0) is 12.8 Å². The van der Waals surface area contributed by atoms with Gasteiger partial charge in [-0.2, -0.15) is 0 Å². The minimum Gasteiger partial charge on any atom is -0.135 e. The number of hydrogen-bond donors (Lipinski definition) is 0. The third-order valence-electron chi connectivity index (χ3n) is 28.8. The molecule has 27 aromatic rings. The highest BCUT2D eigenvalue weighted by molar-refractivity contribution is 7.27. The van der Waals surface area contributed by atoms with Gasteiger partial charge in [0.1, 0.15) is 0 Å². The lowest BCUT2D eigenvalue weighted by atomic mass is 9.84. The molecule has 0 N–H and O–H groups in total. The van der Waals surface area contributed by atoms with E-state index in [1.807, 2.05) is 34.0 Å². The summed E-state index contributed by atoms with van der Waals surface area (Å²) in [4.78, 5) is 0. The predicted octanol–water partition coefficient (Wildman–Crippen LogP) is 40.9. The second-order valence-electron chi connectivity index (χ2n) is 37.2. The molecule has 3 heteroatoms. The van der Waals surface area contributed by atoms with Crippen LogP contribution in [0, 0.1) is 6.92 Å². The molecule has 0 aliphatic carbocycles. The number of fused-ring (bicyclic) bond motifs is 15. The molecule has 24 aromatic carbocycles. The highest BCUT2D eigenvalue weighted by Crippen LogP contribution is 2.52. The second-order valence-corrected chi connectivity index (χ2v) is 40.4. The number of aryl methyl sites for hydroxylation is 3. The van der Waals surface area contributed by atoms with Crippen molar-refractivity contribution in [1.82, 2.24) is 0 Å². The summed E-state index contributed by atoms with van der Waals surface area (Å²) in [5.41, 5.74) is 34.3. The smallest absolute Gasteiger partial charge is 0.0433 e. The zero-order chi connectivity index (χ0) is 94.0. The fourth-order valence-electron chi connectivity index (χ4n) is 22.0. The monoisotopic (exact) mass is 1850 g/mol. The molecule has 27 rings (SSSR count). The second kappa shape index (κ2) is 37.1. The first kappa shape index (κ1) is 86.1. The van der Waals surface area contributed by atoms with E-state index in [1.165, 1.54) is 275 Å². The standard InChI is InChI=1S/C47H34S.C46H32S.C45H30S/c1-2-12-31-23-25-33(26-24-31)46-40-19-7-6-18-39(40)45(32-13-4-3-5-14-32)41-28-27-35(30-43(41)46)34-15-10-16-36(29-34)37-20-11-21-42-38-17-8-9-22-44(38)48-47(37)42;1-2-30-22-24-32(25-23-30)45-39-18-7-6-17-38(39)44(31-12-4-3-5-13-31)40-27-26-34(29-42(40)45)33-14-10-15-35(28-33)36-19-11-20-41-37-16-8-9-21-43(37)47-46(36)41;1-29-21-23-31(24-22-29)44-38-17-6-5-16-37(38)43(30-11-3-2-4-12-30)39-26-25-33(28-41(39)44)32-13-9-14-34(27-32)35-18-10-19-40-36-15-7-8-20-42(36)46-45(35)40/h3-11,13-30H,2,12H2,1H3;3-29H,2H2,1H3;2-28H,1H3. The van der Waals surface area contributed by atoms with E-state index in [0.29, 0.717) is 0 Å². The van der Waals surface area contributed by atoms with E-state index >= 15 is 0 Å². The van der Waals surface area contributed by atoms with E-state index in [9.17, 15) is 0 Å². The molecule has 3 aromatic heterocycles. The number of benzene rings is 24. The normalized spacial score (nSPS) is 11.6. The summed E-state index contributed by atoms with van der Waals surface area (Å²) in [6.45, 7) is 6.62. The van der Waals surface area contributed by atoms with Crippen LogP contribution in [0.5, 0.6) is 0 Å². The van der Waals surface area contributed by atoms with Crippen molar-refractivity contribution in [2.75, 3.05) is 0 Å². The summed E-state index contributed by atoms with van der Waals surface area (Å²) in [6.07, 6.45) is 3.28. The number of thiophene rings is 3. The van der Waals surface area contributed by atoms with Gasteiger partial charge in [0, 0.05) is 60.5 Å². The molecule has 3 heterocycles. The molecule has 666 valence electrons. The fourth-order valence-corrected chi connectivity index (χ4v) is 25.7. The van der Waals surface area contributed by atoms with Gasteiger partial charge in [0.05, 0.1) is 0 Å².